The van der Waals surface area contributed by atoms with Gasteiger partial charge in [0.1, 0.15) is 36.3 Å². The Morgan fingerprint density at radius 3 is 2.81 bits per heavy atom. The fourth-order valence-electron chi connectivity index (χ4n) is 4.62. The minimum absolute atomic E-state index is 0.00146. The van der Waals surface area contributed by atoms with E-state index in [0.717, 1.165) is 23.5 Å². The van der Waals surface area contributed by atoms with Crippen LogP contribution in [0, 0.1) is 0 Å². The molecule has 2 aromatic carbocycles. The van der Waals surface area contributed by atoms with Gasteiger partial charge in [-0.1, -0.05) is 41.6 Å². The van der Waals surface area contributed by atoms with Gasteiger partial charge in [-0.15, -0.1) is 5.10 Å². The number of hydrogen-bond acceptors (Lipinski definition) is 6. The van der Waals surface area contributed by atoms with Crippen LogP contribution in [0.2, 0.25) is 0 Å². The molecule has 2 N–H and O–H groups in total. The van der Waals surface area contributed by atoms with Crippen LogP contribution in [0.15, 0.2) is 67.0 Å². The number of para-hydroxylation sites is 2. The Balaban J connectivity index is 1.07. The Hall–Kier alpha value is -3.20. The van der Waals surface area contributed by atoms with Crippen molar-refractivity contribution in [1.29, 1.82) is 0 Å². The topological polar surface area (TPSA) is 86.2 Å². The molecule has 2 saturated heterocycles. The molecule has 4 atom stereocenters. The van der Waals surface area contributed by atoms with Crippen LogP contribution in [0.1, 0.15) is 17.3 Å². The van der Waals surface area contributed by atoms with Gasteiger partial charge < -0.3 is 24.5 Å². The van der Waals surface area contributed by atoms with E-state index < -0.39 is 0 Å². The molecule has 8 heteroatoms. The average Bonchev–Trinajstić information content (AvgIpc) is 3.61. The molecule has 2 aliphatic heterocycles. The summed E-state index contributed by atoms with van der Waals surface area (Å²) in [7, 11) is 0. The summed E-state index contributed by atoms with van der Waals surface area (Å²) in [5, 5.41) is 13.5. The molecular formula is C24H25N5O3. The summed E-state index contributed by atoms with van der Waals surface area (Å²) in [6.07, 6.45) is 3.95. The van der Waals surface area contributed by atoms with Crippen molar-refractivity contribution >= 4 is 10.9 Å². The molecule has 0 spiro atoms. The number of nitrogens with one attached hydrogen (secondary N) is 2. The summed E-state index contributed by atoms with van der Waals surface area (Å²) in [4.78, 5) is 3.33. The summed E-state index contributed by atoms with van der Waals surface area (Å²) < 4.78 is 19.9. The van der Waals surface area contributed by atoms with Crippen molar-refractivity contribution in [2.45, 2.75) is 37.4 Å². The molecule has 4 aromatic rings. The largest absolute Gasteiger partial charge is 0.487 e. The first kappa shape index (κ1) is 19.5. The van der Waals surface area contributed by atoms with Gasteiger partial charge in [0.2, 0.25) is 0 Å². The Kier molecular flexibility index (Phi) is 5.10. The first-order valence-corrected chi connectivity index (χ1v) is 11.0. The minimum atomic E-state index is -0.0416. The standard InChI is InChI=1S/C24H25N5O3/c1-2-6-18(7-3-1)30-13-17-12-29(28-27-17)22-15-32-23-21(14-31-24(22)23)26-11-16-10-25-20-9-5-4-8-19(16)20/h1-10,12,21-26H,11,13-15H2/t21-,22-,23+,24+/m0/s1. The highest BCUT2D eigenvalue weighted by Crippen LogP contribution is 2.34. The van der Waals surface area contributed by atoms with E-state index in [0.29, 0.717) is 19.8 Å². The lowest BCUT2D eigenvalue weighted by atomic mass is 10.1. The lowest BCUT2D eigenvalue weighted by Crippen LogP contribution is -2.40. The normalized spacial score (nSPS) is 24.8. The number of aromatic nitrogens is 4. The summed E-state index contributed by atoms with van der Waals surface area (Å²) in [6.45, 7) is 2.32. The average molecular weight is 431 g/mol. The molecule has 0 aliphatic carbocycles. The maximum absolute atomic E-state index is 6.14. The number of hydrogen-bond donors (Lipinski definition) is 2. The summed E-state index contributed by atoms with van der Waals surface area (Å²) in [6, 6.07) is 18.2. The van der Waals surface area contributed by atoms with E-state index in [1.165, 1.54) is 10.9 Å². The first-order chi connectivity index (χ1) is 15.8. The van der Waals surface area contributed by atoms with Crippen molar-refractivity contribution in [2.75, 3.05) is 13.2 Å². The number of fused-ring (bicyclic) bond motifs is 2. The van der Waals surface area contributed by atoms with Crippen LogP contribution in [-0.4, -0.2) is 51.4 Å². The Morgan fingerprint density at radius 2 is 1.88 bits per heavy atom. The maximum Gasteiger partial charge on any atom is 0.134 e. The summed E-state index contributed by atoms with van der Waals surface area (Å²) in [5.41, 5.74) is 3.18. The van der Waals surface area contributed by atoms with Crippen LogP contribution < -0.4 is 10.1 Å². The molecule has 4 heterocycles. The Morgan fingerprint density at radius 1 is 1.03 bits per heavy atom. The van der Waals surface area contributed by atoms with E-state index in [1.54, 1.807) is 0 Å². The molecule has 0 saturated carbocycles. The number of aromatic amines is 1. The van der Waals surface area contributed by atoms with Crippen molar-refractivity contribution in [3.8, 4) is 5.75 Å². The zero-order chi connectivity index (χ0) is 21.3. The molecule has 164 valence electrons. The van der Waals surface area contributed by atoms with Gasteiger partial charge in [-0.05, 0) is 23.8 Å². The molecule has 0 bridgehead atoms. The molecular weight excluding hydrogens is 406 g/mol. The summed E-state index contributed by atoms with van der Waals surface area (Å²) >= 11 is 0. The zero-order valence-corrected chi connectivity index (χ0v) is 17.6. The maximum atomic E-state index is 6.14. The van der Waals surface area contributed by atoms with Crippen molar-refractivity contribution in [2.24, 2.45) is 0 Å². The molecule has 0 amide bonds. The highest BCUT2D eigenvalue weighted by molar-refractivity contribution is 5.82. The van der Waals surface area contributed by atoms with Crippen LogP contribution in [0.4, 0.5) is 0 Å². The fourth-order valence-corrected chi connectivity index (χ4v) is 4.62. The van der Waals surface area contributed by atoms with Crippen molar-refractivity contribution in [3.05, 3.63) is 78.2 Å². The molecule has 6 rings (SSSR count). The Labute approximate surface area is 185 Å². The SMILES string of the molecule is c1ccc(OCc2cn([C@H]3CO[C@H]4[C@@H]3OC[C@@H]4NCc3c[nH]c4ccccc34)nn2)cc1. The number of nitrogens with zero attached hydrogens (tertiary/aromatic N) is 3. The van der Waals surface area contributed by atoms with Crippen molar-refractivity contribution < 1.29 is 14.2 Å². The van der Waals surface area contributed by atoms with Gasteiger partial charge in [0.15, 0.2) is 0 Å². The van der Waals surface area contributed by atoms with E-state index in [-0.39, 0.29) is 24.3 Å². The lowest BCUT2D eigenvalue weighted by molar-refractivity contribution is 0.0619. The smallest absolute Gasteiger partial charge is 0.134 e. The van der Waals surface area contributed by atoms with Gasteiger partial charge >= 0.3 is 0 Å². The van der Waals surface area contributed by atoms with Gasteiger partial charge in [0.25, 0.3) is 0 Å². The molecule has 32 heavy (non-hydrogen) atoms. The first-order valence-electron chi connectivity index (χ1n) is 11.0. The second kappa shape index (κ2) is 8.38. The third-order valence-electron chi connectivity index (χ3n) is 6.28. The molecule has 2 fully saturated rings. The minimum Gasteiger partial charge on any atom is -0.487 e. The number of ether oxygens (including phenoxy) is 3. The van der Waals surface area contributed by atoms with Crippen LogP contribution in [0.25, 0.3) is 10.9 Å². The van der Waals surface area contributed by atoms with Gasteiger partial charge in [0.05, 0.1) is 25.5 Å². The summed E-state index contributed by atoms with van der Waals surface area (Å²) in [5.74, 6) is 0.814. The number of benzene rings is 2. The predicted octanol–water partition coefficient (Wildman–Crippen LogP) is 2.84. The van der Waals surface area contributed by atoms with Gasteiger partial charge in [-0.2, -0.15) is 0 Å². The van der Waals surface area contributed by atoms with Crippen molar-refractivity contribution in [3.63, 3.8) is 0 Å². The molecule has 8 nitrogen and oxygen atoms in total. The molecule has 2 aromatic heterocycles. The second-order valence-corrected chi connectivity index (χ2v) is 8.30. The van der Waals surface area contributed by atoms with Crippen LogP contribution in [0.5, 0.6) is 5.75 Å². The molecule has 0 radical (unpaired) electrons. The van der Waals surface area contributed by atoms with Crippen molar-refractivity contribution in [1.82, 2.24) is 25.3 Å². The quantitative estimate of drug-likeness (QED) is 0.468. The van der Waals surface area contributed by atoms with E-state index in [2.05, 4.69) is 45.0 Å². The monoisotopic (exact) mass is 431 g/mol. The molecule has 2 aliphatic rings. The zero-order valence-electron chi connectivity index (χ0n) is 17.6. The number of rotatable bonds is 7. The third kappa shape index (κ3) is 3.66. The fraction of sp³-hybridized carbons (Fsp3) is 0.333. The Bertz CT molecular complexity index is 1190. The van der Waals surface area contributed by atoms with E-state index in [4.69, 9.17) is 14.2 Å². The van der Waals surface area contributed by atoms with Crippen LogP contribution >= 0.6 is 0 Å². The van der Waals surface area contributed by atoms with Crippen LogP contribution in [-0.2, 0) is 22.6 Å². The van der Waals surface area contributed by atoms with Gasteiger partial charge in [0, 0.05) is 23.6 Å². The highest BCUT2D eigenvalue weighted by atomic mass is 16.6. The van der Waals surface area contributed by atoms with Gasteiger partial charge in [-0.25, -0.2) is 4.68 Å². The highest BCUT2D eigenvalue weighted by Gasteiger charge is 2.48. The van der Waals surface area contributed by atoms with Crippen LogP contribution in [0.3, 0.4) is 0 Å². The van der Waals surface area contributed by atoms with E-state index in [1.807, 2.05) is 47.3 Å². The van der Waals surface area contributed by atoms with E-state index in [9.17, 15) is 0 Å². The van der Waals surface area contributed by atoms with Gasteiger partial charge in [-0.3, -0.25) is 0 Å². The number of H-pyrrole nitrogens is 1. The van der Waals surface area contributed by atoms with E-state index >= 15 is 0 Å². The predicted molar refractivity (Wildman–Crippen MR) is 118 cm³/mol. The lowest BCUT2D eigenvalue weighted by Gasteiger charge is -2.17. The third-order valence-corrected chi connectivity index (χ3v) is 6.28. The second-order valence-electron chi connectivity index (χ2n) is 8.30. The molecule has 0 unspecified atom stereocenters.